The molecule has 6 heteroatoms. The average molecular weight is 332 g/mol. The molecule has 0 radical (unpaired) electrons. The highest BCUT2D eigenvalue weighted by atomic mass is 19.1. The van der Waals surface area contributed by atoms with Gasteiger partial charge in [-0.25, -0.2) is 4.39 Å². The van der Waals surface area contributed by atoms with Gasteiger partial charge in [-0.1, -0.05) is 12.1 Å². The van der Waals surface area contributed by atoms with Gasteiger partial charge in [0.25, 0.3) is 0 Å². The van der Waals surface area contributed by atoms with Gasteiger partial charge in [0.1, 0.15) is 5.82 Å². The highest BCUT2D eigenvalue weighted by Crippen LogP contribution is 2.18. The summed E-state index contributed by atoms with van der Waals surface area (Å²) < 4.78 is 14.9. The number of nitrogens with zero attached hydrogens (tertiary/aromatic N) is 4. The molecule has 2 aromatic rings. The number of aromatic nitrogens is 2. The van der Waals surface area contributed by atoms with Crippen LogP contribution in [0.1, 0.15) is 17.5 Å². The number of piperazine rings is 1. The van der Waals surface area contributed by atoms with Gasteiger partial charge in [0, 0.05) is 64.2 Å². The molecular formula is C18H25FN4O. The molecule has 1 aliphatic rings. The first-order valence-corrected chi connectivity index (χ1v) is 8.43. The second-order valence-electron chi connectivity index (χ2n) is 6.52. The standard InChI is InChI=1S/C18H25FN4O/c1-21-11-16(10-20-21)12-22-7-8-23(18(14-22)6-9-24)13-15-2-4-17(19)5-3-15/h2-5,10-11,18,24H,6-9,12-14H2,1H3/t18-/m1/s1. The lowest BCUT2D eigenvalue weighted by atomic mass is 10.1. The fraction of sp³-hybridized carbons (Fsp3) is 0.500. The van der Waals surface area contributed by atoms with Crippen molar-refractivity contribution in [3.63, 3.8) is 0 Å². The van der Waals surface area contributed by atoms with Crippen LogP contribution in [0, 0.1) is 5.82 Å². The van der Waals surface area contributed by atoms with Gasteiger partial charge in [0.15, 0.2) is 0 Å². The summed E-state index contributed by atoms with van der Waals surface area (Å²) in [4.78, 5) is 4.81. The van der Waals surface area contributed by atoms with Crippen LogP contribution in [0.4, 0.5) is 4.39 Å². The summed E-state index contributed by atoms with van der Waals surface area (Å²) in [6.07, 6.45) is 4.71. The molecule has 0 saturated carbocycles. The normalized spacial score (nSPS) is 19.7. The van der Waals surface area contributed by atoms with Gasteiger partial charge >= 0.3 is 0 Å². The zero-order valence-corrected chi connectivity index (χ0v) is 14.1. The lowest BCUT2D eigenvalue weighted by Gasteiger charge is -2.41. The van der Waals surface area contributed by atoms with Gasteiger partial charge in [0.2, 0.25) is 0 Å². The molecular weight excluding hydrogens is 307 g/mol. The zero-order valence-electron chi connectivity index (χ0n) is 14.1. The van der Waals surface area contributed by atoms with Gasteiger partial charge in [-0.2, -0.15) is 5.10 Å². The molecule has 1 saturated heterocycles. The third-order valence-electron chi connectivity index (χ3n) is 4.61. The monoisotopic (exact) mass is 332 g/mol. The van der Waals surface area contributed by atoms with Crippen LogP contribution in [-0.4, -0.2) is 57.0 Å². The largest absolute Gasteiger partial charge is 0.396 e. The summed E-state index contributed by atoms with van der Waals surface area (Å²) in [6, 6.07) is 7.01. The van der Waals surface area contributed by atoms with Crippen LogP contribution in [-0.2, 0) is 20.1 Å². The average Bonchev–Trinajstić information content (AvgIpc) is 2.97. The van der Waals surface area contributed by atoms with E-state index < -0.39 is 0 Å². The highest BCUT2D eigenvalue weighted by molar-refractivity contribution is 5.16. The van der Waals surface area contributed by atoms with Gasteiger partial charge < -0.3 is 5.11 Å². The van der Waals surface area contributed by atoms with Gasteiger partial charge in [0.05, 0.1) is 6.20 Å². The van der Waals surface area contributed by atoms with E-state index in [-0.39, 0.29) is 12.4 Å². The van der Waals surface area contributed by atoms with E-state index in [4.69, 9.17) is 0 Å². The summed E-state index contributed by atoms with van der Waals surface area (Å²) in [5, 5.41) is 13.6. The molecule has 2 heterocycles. The lowest BCUT2D eigenvalue weighted by molar-refractivity contribution is 0.0499. The SMILES string of the molecule is Cn1cc(CN2CCN(Cc3ccc(F)cc3)[C@H](CCO)C2)cn1. The van der Waals surface area contributed by atoms with Gasteiger partial charge in [-0.05, 0) is 24.1 Å². The Morgan fingerprint density at radius 1 is 1.17 bits per heavy atom. The second-order valence-corrected chi connectivity index (χ2v) is 6.52. The molecule has 0 amide bonds. The molecule has 130 valence electrons. The van der Waals surface area contributed by atoms with Crippen LogP contribution in [0.2, 0.25) is 0 Å². The van der Waals surface area contributed by atoms with E-state index in [9.17, 15) is 9.50 Å². The Balaban J connectivity index is 1.61. The number of aliphatic hydroxyl groups is 1. The van der Waals surface area contributed by atoms with E-state index in [0.29, 0.717) is 6.04 Å². The quantitative estimate of drug-likeness (QED) is 0.873. The van der Waals surface area contributed by atoms with E-state index >= 15 is 0 Å². The van der Waals surface area contributed by atoms with Crippen molar-refractivity contribution in [2.75, 3.05) is 26.2 Å². The first-order valence-electron chi connectivity index (χ1n) is 8.43. The molecule has 3 rings (SSSR count). The smallest absolute Gasteiger partial charge is 0.123 e. The van der Waals surface area contributed by atoms with E-state index in [0.717, 1.165) is 44.7 Å². The number of hydrogen-bond donors (Lipinski definition) is 1. The number of aryl methyl sites for hydroxylation is 1. The molecule has 24 heavy (non-hydrogen) atoms. The van der Waals surface area contributed by atoms with E-state index in [1.165, 1.54) is 17.7 Å². The fourth-order valence-electron chi connectivity index (χ4n) is 3.37. The Morgan fingerprint density at radius 2 is 1.96 bits per heavy atom. The van der Waals surface area contributed by atoms with Crippen LogP contribution in [0.3, 0.4) is 0 Å². The van der Waals surface area contributed by atoms with Crippen LogP contribution >= 0.6 is 0 Å². The number of halogens is 1. The minimum Gasteiger partial charge on any atom is -0.396 e. The summed E-state index contributed by atoms with van der Waals surface area (Å²) in [5.74, 6) is -0.202. The Kier molecular flexibility index (Phi) is 5.60. The zero-order chi connectivity index (χ0) is 16.9. The maximum Gasteiger partial charge on any atom is 0.123 e. The maximum absolute atomic E-state index is 13.1. The fourth-order valence-corrected chi connectivity index (χ4v) is 3.37. The van der Waals surface area contributed by atoms with Crippen molar-refractivity contribution in [3.05, 3.63) is 53.6 Å². The lowest BCUT2D eigenvalue weighted by Crippen LogP contribution is -2.52. The van der Waals surface area contributed by atoms with Crippen LogP contribution in [0.15, 0.2) is 36.7 Å². The first-order chi connectivity index (χ1) is 11.6. The molecule has 1 atom stereocenters. The molecule has 5 nitrogen and oxygen atoms in total. The van der Waals surface area contributed by atoms with Gasteiger partial charge in [-0.15, -0.1) is 0 Å². The Labute approximate surface area is 142 Å². The second kappa shape index (κ2) is 7.88. The predicted molar refractivity (Wildman–Crippen MR) is 90.8 cm³/mol. The van der Waals surface area contributed by atoms with Crippen LogP contribution < -0.4 is 0 Å². The van der Waals surface area contributed by atoms with Crippen molar-refractivity contribution in [1.29, 1.82) is 0 Å². The Bertz CT molecular complexity index is 643. The molecule has 0 aliphatic carbocycles. The van der Waals surface area contributed by atoms with Crippen molar-refractivity contribution < 1.29 is 9.50 Å². The summed E-state index contributed by atoms with van der Waals surface area (Å²) in [5.41, 5.74) is 2.33. The van der Waals surface area contributed by atoms with Crippen LogP contribution in [0.5, 0.6) is 0 Å². The summed E-state index contributed by atoms with van der Waals surface area (Å²) in [7, 11) is 1.93. The number of rotatable bonds is 6. The number of benzene rings is 1. The topological polar surface area (TPSA) is 44.5 Å². The summed E-state index contributed by atoms with van der Waals surface area (Å²) >= 11 is 0. The third-order valence-corrected chi connectivity index (χ3v) is 4.61. The minimum absolute atomic E-state index is 0.186. The molecule has 1 N–H and O–H groups in total. The van der Waals surface area contributed by atoms with Crippen molar-refractivity contribution in [2.45, 2.75) is 25.6 Å². The molecule has 1 fully saturated rings. The van der Waals surface area contributed by atoms with Crippen molar-refractivity contribution >= 4 is 0 Å². The molecule has 1 aromatic carbocycles. The first kappa shape index (κ1) is 17.1. The molecule has 0 spiro atoms. The predicted octanol–water partition coefficient (Wildman–Crippen LogP) is 1.63. The molecule has 0 unspecified atom stereocenters. The van der Waals surface area contributed by atoms with Crippen molar-refractivity contribution in [3.8, 4) is 0 Å². The minimum atomic E-state index is -0.202. The van der Waals surface area contributed by atoms with E-state index in [2.05, 4.69) is 14.9 Å². The number of aliphatic hydroxyl groups excluding tert-OH is 1. The molecule has 1 aromatic heterocycles. The van der Waals surface area contributed by atoms with Crippen molar-refractivity contribution in [2.24, 2.45) is 7.05 Å². The van der Waals surface area contributed by atoms with Crippen molar-refractivity contribution in [1.82, 2.24) is 19.6 Å². The highest BCUT2D eigenvalue weighted by Gasteiger charge is 2.26. The van der Waals surface area contributed by atoms with Gasteiger partial charge in [-0.3, -0.25) is 14.5 Å². The Hall–Kier alpha value is -1.76. The number of hydrogen-bond acceptors (Lipinski definition) is 4. The Morgan fingerprint density at radius 3 is 2.62 bits per heavy atom. The molecule has 1 aliphatic heterocycles. The van der Waals surface area contributed by atoms with E-state index in [1.807, 2.05) is 36.3 Å². The molecule has 0 bridgehead atoms. The van der Waals surface area contributed by atoms with Crippen LogP contribution in [0.25, 0.3) is 0 Å². The maximum atomic E-state index is 13.1. The van der Waals surface area contributed by atoms with E-state index in [1.54, 1.807) is 0 Å². The third kappa shape index (κ3) is 4.41. The summed E-state index contributed by atoms with van der Waals surface area (Å²) in [6.45, 7) is 4.73.